The normalized spacial score (nSPS) is 10.2. The maximum absolute atomic E-state index is 9.33. The molecule has 0 aromatic heterocycles. The van der Waals surface area contributed by atoms with Gasteiger partial charge in [0, 0.05) is 6.10 Å². The number of rotatable bonds is 2. The Morgan fingerprint density at radius 3 is 2.12 bits per heavy atom. The Balaban J connectivity index is -0.000000125. The smallest absolute Gasteiger partial charge is 0.542 e. The van der Waals surface area contributed by atoms with Crippen LogP contribution in [0.1, 0.15) is 13.3 Å². The topological polar surface area (TPSA) is 37.3 Å². The third-order valence-electron chi connectivity index (χ3n) is 0.379. The van der Waals surface area contributed by atoms with Crippen LogP contribution >= 0.6 is 0 Å². The van der Waals surface area contributed by atoms with Crippen LogP contribution in [-0.2, 0) is 25.9 Å². The first-order valence-corrected chi connectivity index (χ1v) is 1.80. The third kappa shape index (κ3) is 16.2. The zero-order valence-electron chi connectivity index (χ0n) is 5.05. The minimum atomic E-state index is -0.525. The first kappa shape index (κ1) is 15.8. The molecule has 0 saturated heterocycles. The summed E-state index contributed by atoms with van der Waals surface area (Å²) in [4.78, 5) is 9.33. The Morgan fingerprint density at radius 2 is 2.12 bits per heavy atom. The Morgan fingerprint density at radius 1 is 1.75 bits per heavy atom. The largest absolute Gasteiger partial charge is 2.00 e. The third-order valence-corrected chi connectivity index (χ3v) is 0.379. The molecule has 8 heavy (non-hydrogen) atoms. The van der Waals surface area contributed by atoms with E-state index in [1.165, 1.54) is 0 Å². The Hall–Kier alpha value is 0.318. The fraction of sp³-hybridized carbons (Fsp3) is 0.600. The fourth-order valence-corrected chi connectivity index (χ4v) is 0.121. The summed E-state index contributed by atoms with van der Waals surface area (Å²) in [6.45, 7) is 1.55. The van der Waals surface area contributed by atoms with Crippen LogP contribution in [0.5, 0.6) is 0 Å². The van der Waals surface area contributed by atoms with Crippen LogP contribution in [-0.4, -0.2) is 17.5 Å². The minimum absolute atomic E-state index is 0. The van der Waals surface area contributed by atoms with Crippen molar-refractivity contribution < 1.29 is 31.0 Å². The van der Waals surface area contributed by atoms with E-state index in [1.54, 1.807) is 13.2 Å². The number of aliphatic hydroxyl groups excluding tert-OH is 1. The SMILES string of the molecule is CC(O)C[C-]=O.[CH3-].[W+2]. The van der Waals surface area contributed by atoms with Gasteiger partial charge in [-0.05, 0) is 6.92 Å². The quantitative estimate of drug-likeness (QED) is 0.742. The van der Waals surface area contributed by atoms with Crippen molar-refractivity contribution in [3.05, 3.63) is 7.43 Å². The molecule has 1 N–H and O–H groups in total. The molecular formula is C5H10O2W. The molecular weight excluding hydrogens is 276 g/mol. The van der Waals surface area contributed by atoms with Crippen LogP contribution in [0.3, 0.4) is 0 Å². The maximum Gasteiger partial charge on any atom is 2.00 e. The van der Waals surface area contributed by atoms with Gasteiger partial charge in [-0.1, -0.05) is 0 Å². The predicted molar refractivity (Wildman–Crippen MR) is 28.4 cm³/mol. The fourth-order valence-electron chi connectivity index (χ4n) is 0.121. The van der Waals surface area contributed by atoms with E-state index in [0.717, 1.165) is 0 Å². The molecule has 1 unspecified atom stereocenters. The molecule has 0 fully saturated rings. The molecule has 0 aliphatic carbocycles. The van der Waals surface area contributed by atoms with Gasteiger partial charge in [0.05, 0.1) is 0 Å². The number of carbonyl (C=O) groups excluding carboxylic acids is 1. The van der Waals surface area contributed by atoms with Crippen LogP contribution < -0.4 is 0 Å². The van der Waals surface area contributed by atoms with Crippen LogP contribution in [0.2, 0.25) is 0 Å². The van der Waals surface area contributed by atoms with Crippen molar-refractivity contribution in [2.24, 2.45) is 0 Å². The summed E-state index contributed by atoms with van der Waals surface area (Å²) in [5, 5.41) is 8.29. The molecule has 0 aliphatic heterocycles. The molecule has 0 aromatic carbocycles. The first-order chi connectivity index (χ1) is 2.77. The second-order valence-electron chi connectivity index (χ2n) is 1.20. The maximum atomic E-state index is 9.33. The van der Waals surface area contributed by atoms with Gasteiger partial charge in [-0.15, -0.1) is 6.42 Å². The molecule has 0 radical (unpaired) electrons. The number of hydrogen-bond acceptors (Lipinski definition) is 2. The van der Waals surface area contributed by atoms with E-state index in [2.05, 4.69) is 0 Å². The zero-order chi connectivity index (χ0) is 4.99. The molecule has 0 bridgehead atoms. The van der Waals surface area contributed by atoms with Crippen LogP contribution in [0.4, 0.5) is 0 Å². The number of hydrogen-bond donors (Lipinski definition) is 1. The van der Waals surface area contributed by atoms with Crippen molar-refractivity contribution in [3.63, 3.8) is 0 Å². The van der Waals surface area contributed by atoms with E-state index in [1.807, 2.05) is 0 Å². The Kier molecular flexibility index (Phi) is 20.3. The second kappa shape index (κ2) is 10.3. The predicted octanol–water partition coefficient (Wildman–Crippen LogP) is 0.315. The Labute approximate surface area is 64.5 Å². The average molecular weight is 286 g/mol. The first-order valence-electron chi connectivity index (χ1n) is 1.80. The van der Waals surface area contributed by atoms with Crippen molar-refractivity contribution in [2.45, 2.75) is 19.4 Å². The molecule has 0 spiro atoms. The van der Waals surface area contributed by atoms with Gasteiger partial charge >= 0.3 is 21.1 Å². The second-order valence-corrected chi connectivity index (χ2v) is 1.20. The van der Waals surface area contributed by atoms with Crippen molar-refractivity contribution in [1.82, 2.24) is 0 Å². The molecule has 0 saturated carbocycles. The molecule has 1 atom stereocenters. The summed E-state index contributed by atoms with van der Waals surface area (Å²) in [5.41, 5.74) is 0. The molecule has 0 rings (SSSR count). The summed E-state index contributed by atoms with van der Waals surface area (Å²) in [6, 6.07) is 0. The van der Waals surface area contributed by atoms with Crippen LogP contribution in [0.25, 0.3) is 0 Å². The van der Waals surface area contributed by atoms with E-state index < -0.39 is 6.10 Å². The summed E-state index contributed by atoms with van der Waals surface area (Å²) in [6.07, 6.45) is 1.17. The zero-order valence-corrected chi connectivity index (χ0v) is 7.98. The van der Waals surface area contributed by atoms with E-state index >= 15 is 0 Å². The van der Waals surface area contributed by atoms with Crippen LogP contribution in [0.15, 0.2) is 0 Å². The molecule has 0 heterocycles. The van der Waals surface area contributed by atoms with Crippen molar-refractivity contribution >= 4 is 6.29 Å². The Bertz CT molecular complexity index is 45.7. The molecule has 3 heteroatoms. The summed E-state index contributed by atoms with van der Waals surface area (Å²) in [7, 11) is 0. The van der Waals surface area contributed by atoms with Gasteiger partial charge in [-0.2, -0.15) is 0 Å². The van der Waals surface area contributed by atoms with E-state index in [0.29, 0.717) is 0 Å². The van der Waals surface area contributed by atoms with Crippen molar-refractivity contribution in [1.29, 1.82) is 0 Å². The van der Waals surface area contributed by atoms with Gasteiger partial charge in [0.15, 0.2) is 0 Å². The van der Waals surface area contributed by atoms with Gasteiger partial charge in [0.2, 0.25) is 0 Å². The van der Waals surface area contributed by atoms with E-state index in [-0.39, 0.29) is 34.9 Å². The number of aliphatic hydroxyl groups is 1. The molecule has 2 nitrogen and oxygen atoms in total. The van der Waals surface area contributed by atoms with Crippen LogP contribution in [0, 0.1) is 7.43 Å². The summed E-state index contributed by atoms with van der Waals surface area (Å²) in [5.74, 6) is 0. The average Bonchev–Trinajstić information content (AvgIpc) is 1.35. The minimum Gasteiger partial charge on any atom is -0.542 e. The summed E-state index contributed by atoms with van der Waals surface area (Å²) < 4.78 is 0. The monoisotopic (exact) mass is 286 g/mol. The van der Waals surface area contributed by atoms with Gasteiger partial charge < -0.3 is 17.3 Å². The molecule has 0 aromatic rings. The van der Waals surface area contributed by atoms with E-state index in [9.17, 15) is 4.79 Å². The van der Waals surface area contributed by atoms with Gasteiger partial charge in [0.1, 0.15) is 0 Å². The van der Waals surface area contributed by atoms with Crippen molar-refractivity contribution in [2.75, 3.05) is 0 Å². The molecule has 0 aliphatic rings. The van der Waals surface area contributed by atoms with E-state index in [4.69, 9.17) is 5.11 Å². The van der Waals surface area contributed by atoms with Gasteiger partial charge in [0.25, 0.3) is 0 Å². The van der Waals surface area contributed by atoms with Crippen molar-refractivity contribution in [3.8, 4) is 0 Å². The summed E-state index contributed by atoms with van der Waals surface area (Å²) >= 11 is 0. The van der Waals surface area contributed by atoms with Gasteiger partial charge in [-0.3, -0.25) is 6.29 Å². The van der Waals surface area contributed by atoms with Gasteiger partial charge in [-0.25, -0.2) is 0 Å². The molecule has 0 amide bonds. The standard InChI is InChI=1S/C4H7O2.CH3.W/c1-4(6)2-3-5;;/h4,6H,2H2,1H3;1H3;/q2*-1;+2. The molecule has 48 valence electrons.